The van der Waals surface area contributed by atoms with E-state index in [0.29, 0.717) is 17.5 Å². The highest BCUT2D eigenvalue weighted by atomic mass is 35.5. The summed E-state index contributed by atoms with van der Waals surface area (Å²) in [5.41, 5.74) is 2.90. The second-order valence-corrected chi connectivity index (χ2v) is 7.80. The molecule has 1 saturated heterocycles. The van der Waals surface area contributed by atoms with E-state index in [2.05, 4.69) is 25.8 Å². The highest BCUT2D eigenvalue weighted by Gasteiger charge is 2.22. The molecular weight excluding hydrogens is 374 g/mol. The van der Waals surface area contributed by atoms with Gasteiger partial charge in [-0.3, -0.25) is 4.79 Å². The number of carbonyl (C=O) groups excluding carboxylic acids is 1. The number of hydrogen-bond acceptors (Lipinski definition) is 4. The van der Waals surface area contributed by atoms with E-state index in [0.717, 1.165) is 54.2 Å². The third kappa shape index (κ3) is 3.69. The van der Waals surface area contributed by atoms with E-state index in [-0.39, 0.29) is 5.91 Å². The van der Waals surface area contributed by atoms with Gasteiger partial charge in [-0.15, -0.1) is 0 Å². The number of nitrogens with zero attached hydrogens (tertiary/aromatic N) is 4. The van der Waals surface area contributed by atoms with Crippen LogP contribution in [-0.4, -0.2) is 40.1 Å². The van der Waals surface area contributed by atoms with Gasteiger partial charge in [-0.25, -0.2) is 9.97 Å². The molecule has 3 aromatic rings. The number of fused-ring (bicyclic) bond motifs is 1. The standard InChI is InChI=1S/C21H24ClN5O/c1-14(28)23-11-15-6-5-9-27(13-15)20-10-16(17(22)12-24-20)21-25-18-7-3-4-8-19(18)26(21)2/h3-4,7-8,10,12,15H,5-6,9,11,13H2,1-2H3,(H,23,28). The molecule has 3 heterocycles. The van der Waals surface area contributed by atoms with Crippen LogP contribution in [0, 0.1) is 5.92 Å². The van der Waals surface area contributed by atoms with Gasteiger partial charge in [0.15, 0.2) is 0 Å². The Kier molecular flexibility index (Phi) is 5.22. The number of carbonyl (C=O) groups is 1. The lowest BCUT2D eigenvalue weighted by atomic mass is 9.98. The molecule has 0 aliphatic carbocycles. The van der Waals surface area contributed by atoms with Crippen molar-refractivity contribution < 1.29 is 4.79 Å². The number of rotatable bonds is 4. The van der Waals surface area contributed by atoms with Crippen LogP contribution in [-0.2, 0) is 11.8 Å². The quantitative estimate of drug-likeness (QED) is 0.730. The van der Waals surface area contributed by atoms with Gasteiger partial charge in [-0.2, -0.15) is 0 Å². The molecule has 2 aromatic heterocycles. The van der Waals surface area contributed by atoms with Gasteiger partial charge in [0.05, 0.1) is 16.1 Å². The maximum absolute atomic E-state index is 11.2. The first kappa shape index (κ1) is 18.7. The van der Waals surface area contributed by atoms with Crippen molar-refractivity contribution in [2.45, 2.75) is 19.8 Å². The van der Waals surface area contributed by atoms with Crippen molar-refractivity contribution in [3.05, 3.63) is 41.6 Å². The largest absolute Gasteiger partial charge is 0.356 e. The maximum atomic E-state index is 11.2. The van der Waals surface area contributed by atoms with Crippen molar-refractivity contribution in [1.29, 1.82) is 0 Å². The molecule has 0 radical (unpaired) electrons. The van der Waals surface area contributed by atoms with Crippen LogP contribution in [0.25, 0.3) is 22.4 Å². The molecule has 146 valence electrons. The van der Waals surface area contributed by atoms with E-state index in [9.17, 15) is 4.79 Å². The van der Waals surface area contributed by atoms with Crippen LogP contribution < -0.4 is 10.2 Å². The van der Waals surface area contributed by atoms with Crippen molar-refractivity contribution in [3.8, 4) is 11.4 Å². The fourth-order valence-electron chi connectivity index (χ4n) is 3.89. The first-order chi connectivity index (χ1) is 13.5. The smallest absolute Gasteiger partial charge is 0.216 e. The molecule has 0 spiro atoms. The van der Waals surface area contributed by atoms with Gasteiger partial charge in [-0.05, 0) is 37.0 Å². The lowest BCUT2D eigenvalue weighted by Crippen LogP contribution is -2.40. The number of hydrogen-bond donors (Lipinski definition) is 1. The Morgan fingerprint density at radius 2 is 2.18 bits per heavy atom. The molecular formula is C21H24ClN5O. The van der Waals surface area contributed by atoms with E-state index in [1.807, 2.05) is 31.3 Å². The fraction of sp³-hybridized carbons (Fsp3) is 0.381. The van der Waals surface area contributed by atoms with Crippen molar-refractivity contribution in [2.75, 3.05) is 24.5 Å². The van der Waals surface area contributed by atoms with Crippen LogP contribution >= 0.6 is 11.6 Å². The zero-order valence-corrected chi connectivity index (χ0v) is 16.9. The highest BCUT2D eigenvalue weighted by molar-refractivity contribution is 6.33. The number of aromatic nitrogens is 3. The van der Waals surface area contributed by atoms with Gasteiger partial charge in [0.2, 0.25) is 5.91 Å². The lowest BCUT2D eigenvalue weighted by molar-refractivity contribution is -0.119. The van der Waals surface area contributed by atoms with Gasteiger partial charge in [-0.1, -0.05) is 23.7 Å². The van der Waals surface area contributed by atoms with Crippen LogP contribution in [0.3, 0.4) is 0 Å². The van der Waals surface area contributed by atoms with Crippen molar-refractivity contribution in [1.82, 2.24) is 19.9 Å². The molecule has 1 aliphatic rings. The maximum Gasteiger partial charge on any atom is 0.216 e. The van der Waals surface area contributed by atoms with Gasteiger partial charge in [0.1, 0.15) is 11.6 Å². The normalized spacial score (nSPS) is 17.1. The van der Waals surface area contributed by atoms with E-state index in [4.69, 9.17) is 16.6 Å². The molecule has 4 rings (SSSR count). The Labute approximate surface area is 169 Å². The molecule has 1 fully saturated rings. The molecule has 0 saturated carbocycles. The minimum absolute atomic E-state index is 0.0193. The van der Waals surface area contributed by atoms with Crippen LogP contribution in [0.1, 0.15) is 19.8 Å². The summed E-state index contributed by atoms with van der Waals surface area (Å²) in [5, 5.41) is 3.53. The molecule has 0 bridgehead atoms. The highest BCUT2D eigenvalue weighted by Crippen LogP contribution is 2.32. The lowest BCUT2D eigenvalue weighted by Gasteiger charge is -2.33. The zero-order chi connectivity index (χ0) is 19.7. The van der Waals surface area contributed by atoms with E-state index < -0.39 is 0 Å². The molecule has 28 heavy (non-hydrogen) atoms. The Morgan fingerprint density at radius 1 is 1.36 bits per heavy atom. The van der Waals surface area contributed by atoms with E-state index in [1.165, 1.54) is 0 Å². The summed E-state index contributed by atoms with van der Waals surface area (Å²) in [4.78, 5) is 22.8. The van der Waals surface area contributed by atoms with E-state index >= 15 is 0 Å². The number of halogens is 1. The van der Waals surface area contributed by atoms with Gasteiger partial charge < -0.3 is 14.8 Å². The number of anilines is 1. The number of para-hydroxylation sites is 2. The average molecular weight is 398 g/mol. The first-order valence-corrected chi connectivity index (χ1v) is 9.97. The minimum atomic E-state index is 0.0193. The summed E-state index contributed by atoms with van der Waals surface area (Å²) in [5.74, 6) is 2.18. The summed E-state index contributed by atoms with van der Waals surface area (Å²) >= 11 is 6.50. The van der Waals surface area contributed by atoms with Crippen molar-refractivity contribution in [2.24, 2.45) is 13.0 Å². The molecule has 1 N–H and O–H groups in total. The molecule has 1 aliphatic heterocycles. The Balaban J connectivity index is 1.63. The van der Waals surface area contributed by atoms with Crippen LogP contribution in [0.2, 0.25) is 5.02 Å². The van der Waals surface area contributed by atoms with Gasteiger partial charge in [0.25, 0.3) is 0 Å². The minimum Gasteiger partial charge on any atom is -0.356 e. The molecule has 1 unspecified atom stereocenters. The van der Waals surface area contributed by atoms with Crippen molar-refractivity contribution >= 4 is 34.4 Å². The first-order valence-electron chi connectivity index (χ1n) is 9.59. The Bertz CT molecular complexity index is 1020. The van der Waals surface area contributed by atoms with Gasteiger partial charge in [0, 0.05) is 45.4 Å². The van der Waals surface area contributed by atoms with E-state index in [1.54, 1.807) is 13.1 Å². The third-order valence-electron chi connectivity index (χ3n) is 5.35. The van der Waals surface area contributed by atoms with Crippen LogP contribution in [0.5, 0.6) is 0 Å². The summed E-state index contributed by atoms with van der Waals surface area (Å²) in [6.07, 6.45) is 3.90. The molecule has 1 aromatic carbocycles. The number of amides is 1. The number of aryl methyl sites for hydroxylation is 1. The summed E-state index contributed by atoms with van der Waals surface area (Å²) < 4.78 is 2.07. The number of piperidine rings is 1. The fourth-order valence-corrected chi connectivity index (χ4v) is 4.07. The Morgan fingerprint density at radius 3 is 2.96 bits per heavy atom. The molecule has 1 amide bonds. The Hall–Kier alpha value is -2.60. The predicted octanol–water partition coefficient (Wildman–Crippen LogP) is 3.64. The van der Waals surface area contributed by atoms with Crippen molar-refractivity contribution in [3.63, 3.8) is 0 Å². The number of nitrogens with one attached hydrogen (secondary N) is 1. The summed E-state index contributed by atoms with van der Waals surface area (Å²) in [6, 6.07) is 10.1. The summed E-state index contributed by atoms with van der Waals surface area (Å²) in [7, 11) is 2.01. The molecule has 1 atom stereocenters. The second kappa shape index (κ2) is 7.80. The zero-order valence-electron chi connectivity index (χ0n) is 16.2. The molecule has 6 nitrogen and oxygen atoms in total. The predicted molar refractivity (Wildman–Crippen MR) is 113 cm³/mol. The molecule has 7 heteroatoms. The van der Waals surface area contributed by atoms with Crippen LogP contribution in [0.15, 0.2) is 36.5 Å². The van der Waals surface area contributed by atoms with Crippen LogP contribution in [0.4, 0.5) is 5.82 Å². The monoisotopic (exact) mass is 397 g/mol. The average Bonchev–Trinajstić information content (AvgIpc) is 3.04. The topological polar surface area (TPSA) is 63.1 Å². The number of benzene rings is 1. The SMILES string of the molecule is CC(=O)NCC1CCCN(c2cc(-c3nc4ccccc4n3C)c(Cl)cn2)C1. The second-order valence-electron chi connectivity index (χ2n) is 7.40. The summed E-state index contributed by atoms with van der Waals surface area (Å²) in [6.45, 7) is 4.09. The number of pyridine rings is 1. The number of imidazole rings is 1. The third-order valence-corrected chi connectivity index (χ3v) is 5.65. The van der Waals surface area contributed by atoms with Gasteiger partial charge >= 0.3 is 0 Å².